The molecule has 2 aromatic carbocycles. The Morgan fingerprint density at radius 1 is 1.00 bits per heavy atom. The predicted octanol–water partition coefficient (Wildman–Crippen LogP) is 2.54. The van der Waals surface area contributed by atoms with Gasteiger partial charge in [0.2, 0.25) is 11.8 Å². The number of rotatable bonds is 4. The molecule has 3 aliphatic rings. The monoisotopic (exact) mass is 432 g/mol. The second-order valence-electron chi connectivity index (χ2n) is 8.48. The van der Waals surface area contributed by atoms with E-state index >= 15 is 0 Å². The van der Waals surface area contributed by atoms with E-state index in [4.69, 9.17) is 0 Å². The normalized spacial score (nSPS) is 22.3. The minimum absolute atomic E-state index is 0.0959. The molecule has 164 valence electrons. The number of aryl methyl sites for hydroxylation is 1. The Bertz CT molecular complexity index is 1110. The molecular formula is C24H24N4O4. The molecule has 8 heteroatoms. The summed E-state index contributed by atoms with van der Waals surface area (Å²) in [5, 5.41) is 5.59. The van der Waals surface area contributed by atoms with Crippen molar-refractivity contribution in [1.82, 2.24) is 10.2 Å². The standard InChI is InChI=1S/C24H24N4O4/c29-20(25-17-9-11-18(12-10-17)27-14-4-8-21(27)30)15-28-22(31)24(26-23(28)32)13-3-6-16-5-1-2-7-19(16)24/h1-2,5,7,9-12H,3-4,6,8,13-15H2,(H,25,29)(H,26,32). The summed E-state index contributed by atoms with van der Waals surface area (Å²) in [7, 11) is 0. The molecule has 0 aromatic heterocycles. The lowest BCUT2D eigenvalue weighted by atomic mass is 9.76. The molecule has 2 heterocycles. The highest BCUT2D eigenvalue weighted by Crippen LogP contribution is 2.39. The van der Waals surface area contributed by atoms with Crippen LogP contribution in [0.1, 0.15) is 36.8 Å². The highest BCUT2D eigenvalue weighted by atomic mass is 16.2. The van der Waals surface area contributed by atoms with Crippen LogP contribution in [0.3, 0.4) is 0 Å². The largest absolute Gasteiger partial charge is 0.325 e. The van der Waals surface area contributed by atoms with Crippen molar-refractivity contribution in [3.63, 3.8) is 0 Å². The highest BCUT2D eigenvalue weighted by molar-refractivity contribution is 6.10. The number of nitrogens with one attached hydrogen (secondary N) is 2. The quantitative estimate of drug-likeness (QED) is 0.726. The van der Waals surface area contributed by atoms with Gasteiger partial charge in [-0.1, -0.05) is 24.3 Å². The van der Waals surface area contributed by atoms with Crippen LogP contribution in [-0.4, -0.2) is 41.7 Å². The number of hydrogen-bond donors (Lipinski definition) is 2. The van der Waals surface area contributed by atoms with E-state index in [0.29, 0.717) is 25.1 Å². The fraction of sp³-hybridized carbons (Fsp3) is 0.333. The van der Waals surface area contributed by atoms with Crippen molar-refractivity contribution in [2.24, 2.45) is 0 Å². The maximum atomic E-state index is 13.3. The molecule has 2 N–H and O–H groups in total. The molecule has 1 spiro atoms. The zero-order valence-corrected chi connectivity index (χ0v) is 17.6. The van der Waals surface area contributed by atoms with Crippen LogP contribution in [0.5, 0.6) is 0 Å². The van der Waals surface area contributed by atoms with Gasteiger partial charge in [-0.25, -0.2) is 4.79 Å². The lowest BCUT2D eigenvalue weighted by Gasteiger charge is -2.33. The Labute approximate surface area is 185 Å². The Morgan fingerprint density at radius 3 is 2.53 bits per heavy atom. The summed E-state index contributed by atoms with van der Waals surface area (Å²) < 4.78 is 0. The number of nitrogens with zero attached hydrogens (tertiary/aromatic N) is 2. The van der Waals surface area contributed by atoms with E-state index in [1.165, 1.54) is 0 Å². The zero-order chi connectivity index (χ0) is 22.3. The van der Waals surface area contributed by atoms with Crippen molar-refractivity contribution in [3.8, 4) is 0 Å². The Morgan fingerprint density at radius 2 is 1.78 bits per heavy atom. The highest BCUT2D eigenvalue weighted by Gasteiger charge is 2.54. The second-order valence-corrected chi connectivity index (χ2v) is 8.48. The Hall–Kier alpha value is -3.68. The number of fused-ring (bicyclic) bond motifs is 2. The average molecular weight is 432 g/mol. The van der Waals surface area contributed by atoms with Crippen molar-refractivity contribution in [2.45, 2.75) is 37.6 Å². The molecule has 5 amide bonds. The number of carbonyl (C=O) groups excluding carboxylic acids is 4. The Balaban J connectivity index is 1.28. The van der Waals surface area contributed by atoms with Crippen molar-refractivity contribution in [2.75, 3.05) is 23.3 Å². The number of benzene rings is 2. The van der Waals surface area contributed by atoms with Crippen LogP contribution in [-0.2, 0) is 26.3 Å². The topological polar surface area (TPSA) is 98.8 Å². The first-order valence-corrected chi connectivity index (χ1v) is 10.9. The summed E-state index contributed by atoms with van der Waals surface area (Å²) in [5.74, 6) is -0.745. The van der Waals surface area contributed by atoms with E-state index in [9.17, 15) is 19.2 Å². The molecule has 2 aromatic rings. The third-order valence-corrected chi connectivity index (χ3v) is 6.49. The van der Waals surface area contributed by atoms with Crippen LogP contribution in [0.2, 0.25) is 0 Å². The van der Waals surface area contributed by atoms with Crippen LogP contribution in [0, 0.1) is 0 Å². The smallest absolute Gasteiger partial charge is 0.325 e. The summed E-state index contributed by atoms with van der Waals surface area (Å²) in [5.41, 5.74) is 2.11. The molecule has 0 saturated carbocycles. The first-order chi connectivity index (χ1) is 15.5. The van der Waals surface area contributed by atoms with E-state index in [1.54, 1.807) is 29.2 Å². The van der Waals surface area contributed by atoms with Gasteiger partial charge in [0.25, 0.3) is 5.91 Å². The van der Waals surface area contributed by atoms with Crippen molar-refractivity contribution >= 4 is 35.1 Å². The molecule has 1 unspecified atom stereocenters. The maximum Gasteiger partial charge on any atom is 0.325 e. The van der Waals surface area contributed by atoms with Gasteiger partial charge in [-0.15, -0.1) is 0 Å². The molecule has 0 bridgehead atoms. The molecule has 2 aliphatic heterocycles. The van der Waals surface area contributed by atoms with Gasteiger partial charge < -0.3 is 15.5 Å². The fourth-order valence-corrected chi connectivity index (χ4v) is 4.94. The molecular weight excluding hydrogens is 408 g/mol. The van der Waals surface area contributed by atoms with E-state index < -0.39 is 17.5 Å². The summed E-state index contributed by atoms with van der Waals surface area (Å²) in [6, 6.07) is 14.1. The maximum absolute atomic E-state index is 13.3. The third kappa shape index (κ3) is 3.32. The summed E-state index contributed by atoms with van der Waals surface area (Å²) in [6.07, 6.45) is 3.56. The summed E-state index contributed by atoms with van der Waals surface area (Å²) >= 11 is 0. The third-order valence-electron chi connectivity index (χ3n) is 6.49. The van der Waals surface area contributed by atoms with Gasteiger partial charge in [0, 0.05) is 24.3 Å². The van der Waals surface area contributed by atoms with Gasteiger partial charge in [0.1, 0.15) is 12.1 Å². The average Bonchev–Trinajstić information content (AvgIpc) is 3.32. The van der Waals surface area contributed by atoms with Gasteiger partial charge in [-0.3, -0.25) is 19.3 Å². The first kappa shape index (κ1) is 20.2. The number of carbonyl (C=O) groups is 4. The number of urea groups is 1. The summed E-state index contributed by atoms with van der Waals surface area (Å²) in [6.45, 7) is 0.336. The molecule has 1 aliphatic carbocycles. The van der Waals surface area contributed by atoms with Gasteiger partial charge in [-0.05, 0) is 61.1 Å². The van der Waals surface area contributed by atoms with Gasteiger partial charge in [-0.2, -0.15) is 0 Å². The van der Waals surface area contributed by atoms with Crippen LogP contribution in [0.4, 0.5) is 16.2 Å². The van der Waals surface area contributed by atoms with E-state index in [1.807, 2.05) is 24.3 Å². The molecule has 0 radical (unpaired) electrons. The number of imide groups is 1. The lowest BCUT2D eigenvalue weighted by Crippen LogP contribution is -2.47. The second kappa shape index (κ2) is 7.78. The van der Waals surface area contributed by atoms with Crippen molar-refractivity contribution in [1.29, 1.82) is 0 Å². The first-order valence-electron chi connectivity index (χ1n) is 10.9. The van der Waals surface area contributed by atoms with Gasteiger partial charge in [0.15, 0.2) is 0 Å². The predicted molar refractivity (Wildman–Crippen MR) is 118 cm³/mol. The molecule has 2 saturated heterocycles. The molecule has 32 heavy (non-hydrogen) atoms. The minimum atomic E-state index is -1.09. The minimum Gasteiger partial charge on any atom is -0.325 e. The van der Waals surface area contributed by atoms with Crippen LogP contribution >= 0.6 is 0 Å². The number of anilines is 2. The van der Waals surface area contributed by atoms with Gasteiger partial charge in [0.05, 0.1) is 0 Å². The Kier molecular flexibility index (Phi) is 4.92. The molecule has 1 atom stereocenters. The summed E-state index contributed by atoms with van der Waals surface area (Å²) in [4.78, 5) is 53.2. The van der Waals surface area contributed by atoms with E-state index in [2.05, 4.69) is 10.6 Å². The molecule has 8 nitrogen and oxygen atoms in total. The fourth-order valence-electron chi connectivity index (χ4n) is 4.94. The molecule has 2 fully saturated rings. The number of amides is 5. The zero-order valence-electron chi connectivity index (χ0n) is 17.6. The SMILES string of the molecule is O=C(CN1C(=O)NC2(CCCc3ccccc32)C1=O)Nc1ccc(N2CCCC2=O)cc1. The van der Waals surface area contributed by atoms with Crippen molar-refractivity contribution in [3.05, 3.63) is 59.7 Å². The van der Waals surface area contributed by atoms with Crippen LogP contribution in [0.15, 0.2) is 48.5 Å². The van der Waals surface area contributed by atoms with E-state index in [0.717, 1.165) is 41.0 Å². The van der Waals surface area contributed by atoms with Crippen molar-refractivity contribution < 1.29 is 19.2 Å². The van der Waals surface area contributed by atoms with Crippen LogP contribution < -0.4 is 15.5 Å². The molecule has 5 rings (SSSR count). The lowest BCUT2D eigenvalue weighted by molar-refractivity contribution is -0.134. The van der Waals surface area contributed by atoms with E-state index in [-0.39, 0.29) is 18.4 Å². The number of hydrogen-bond acceptors (Lipinski definition) is 4. The van der Waals surface area contributed by atoms with Crippen LogP contribution in [0.25, 0.3) is 0 Å². The van der Waals surface area contributed by atoms with Gasteiger partial charge >= 0.3 is 6.03 Å².